The van der Waals surface area contributed by atoms with Crippen molar-refractivity contribution >= 4 is 36.9 Å². The average molecular weight is 326 g/mol. The summed E-state index contributed by atoms with van der Waals surface area (Å²) in [5.41, 5.74) is 1.47. The van der Waals surface area contributed by atoms with Crippen LogP contribution in [-0.4, -0.2) is 32.7 Å². The van der Waals surface area contributed by atoms with E-state index in [1.807, 2.05) is 70.7 Å². The van der Waals surface area contributed by atoms with Crippen LogP contribution in [0.3, 0.4) is 0 Å². The quantitative estimate of drug-likeness (QED) is 0.832. The van der Waals surface area contributed by atoms with Crippen molar-refractivity contribution in [1.82, 2.24) is 10.0 Å². The predicted molar refractivity (Wildman–Crippen MR) is 95.2 cm³/mol. The molecule has 0 saturated heterocycles. The highest BCUT2D eigenvalue weighted by Gasteiger charge is 2.43. The number of hydrogen-bond acceptors (Lipinski definition) is 6. The van der Waals surface area contributed by atoms with Crippen molar-refractivity contribution in [3.63, 3.8) is 0 Å². The minimum atomic E-state index is -0.300. The second kappa shape index (κ2) is 5.37. The number of nitrogens with zero attached hydrogens (tertiary/aromatic N) is 4. The van der Waals surface area contributed by atoms with Gasteiger partial charge in [-0.2, -0.15) is 0 Å². The molecule has 2 aliphatic rings. The van der Waals surface area contributed by atoms with Crippen LogP contribution >= 0.6 is 25.3 Å². The van der Waals surface area contributed by atoms with Crippen LogP contribution in [0.15, 0.2) is 70.6 Å². The lowest BCUT2D eigenvalue weighted by Gasteiger charge is -2.29. The maximum Gasteiger partial charge on any atom is 0.188 e. The summed E-state index contributed by atoms with van der Waals surface area (Å²) < 4.78 is 0. The molecule has 110 valence electrons. The number of hydrogen-bond donors (Lipinski definition) is 2. The third kappa shape index (κ3) is 2.10. The van der Waals surface area contributed by atoms with E-state index < -0.39 is 0 Å². The van der Waals surface area contributed by atoms with Gasteiger partial charge in [0.15, 0.2) is 22.7 Å². The van der Waals surface area contributed by atoms with Gasteiger partial charge in [-0.25, -0.2) is 20.0 Å². The molecular formula is C16H14N4S2. The maximum atomic E-state index is 4.67. The van der Waals surface area contributed by atoms with Crippen molar-refractivity contribution in [2.75, 3.05) is 0 Å². The van der Waals surface area contributed by atoms with E-state index in [1.54, 1.807) is 0 Å². The van der Waals surface area contributed by atoms with Gasteiger partial charge in [0, 0.05) is 11.1 Å². The van der Waals surface area contributed by atoms with E-state index in [0.29, 0.717) is 0 Å². The largest absolute Gasteiger partial charge is 0.229 e. The van der Waals surface area contributed by atoms with Gasteiger partial charge >= 0.3 is 0 Å². The minimum Gasteiger partial charge on any atom is -0.229 e. The molecule has 0 N–H and O–H groups in total. The molecule has 22 heavy (non-hydrogen) atoms. The number of thiol groups is 2. The van der Waals surface area contributed by atoms with Crippen LogP contribution in [0.2, 0.25) is 0 Å². The lowest BCUT2D eigenvalue weighted by Crippen LogP contribution is -2.44. The van der Waals surface area contributed by atoms with E-state index in [9.17, 15) is 0 Å². The van der Waals surface area contributed by atoms with Crippen molar-refractivity contribution in [2.45, 2.75) is 11.0 Å². The molecule has 2 aromatic rings. The topological polar surface area (TPSA) is 31.2 Å². The molecule has 0 radical (unpaired) electrons. The number of fused-ring (bicyclic) bond motifs is 1. The Bertz CT molecular complexity index is 680. The Morgan fingerprint density at radius 3 is 1.36 bits per heavy atom. The van der Waals surface area contributed by atoms with Gasteiger partial charge in [0.05, 0.1) is 0 Å². The van der Waals surface area contributed by atoms with Gasteiger partial charge in [-0.05, 0) is 0 Å². The summed E-state index contributed by atoms with van der Waals surface area (Å²) in [6.07, 6.45) is 0. The summed E-state index contributed by atoms with van der Waals surface area (Å²) in [4.78, 5) is 9.34. The molecular weight excluding hydrogens is 312 g/mol. The molecule has 0 aromatic heterocycles. The summed E-state index contributed by atoms with van der Waals surface area (Å²) >= 11 is 9.22. The van der Waals surface area contributed by atoms with Crippen molar-refractivity contribution in [3.8, 4) is 0 Å². The smallest absolute Gasteiger partial charge is 0.188 e. The molecule has 2 atom stereocenters. The molecule has 0 bridgehead atoms. The molecule has 4 nitrogen and oxygen atoms in total. The molecule has 6 heteroatoms. The first kappa shape index (κ1) is 13.7. The predicted octanol–water partition coefficient (Wildman–Crippen LogP) is 2.85. The van der Waals surface area contributed by atoms with Gasteiger partial charge < -0.3 is 0 Å². The zero-order chi connectivity index (χ0) is 15.1. The number of rotatable bonds is 2. The number of aliphatic imine (C=N–C) groups is 2. The van der Waals surface area contributed by atoms with Crippen LogP contribution in [0, 0.1) is 0 Å². The number of benzene rings is 2. The summed E-state index contributed by atoms with van der Waals surface area (Å²) in [6, 6.07) is 20.1. The monoisotopic (exact) mass is 326 g/mol. The van der Waals surface area contributed by atoms with Crippen LogP contribution in [0.4, 0.5) is 0 Å². The Hall–Kier alpha value is -1.92. The van der Waals surface area contributed by atoms with Gasteiger partial charge in [-0.15, -0.1) is 25.3 Å². The van der Waals surface area contributed by atoms with Gasteiger partial charge in [0.25, 0.3) is 0 Å². The van der Waals surface area contributed by atoms with E-state index in [-0.39, 0.29) is 11.0 Å². The number of amidine groups is 2. The third-order valence-electron chi connectivity index (χ3n) is 3.64. The average Bonchev–Trinajstić information content (AvgIpc) is 3.09. The van der Waals surface area contributed by atoms with Crippen LogP contribution in [-0.2, 0) is 0 Å². The van der Waals surface area contributed by atoms with Crippen LogP contribution < -0.4 is 0 Å². The second-order valence-corrected chi connectivity index (χ2v) is 5.94. The van der Waals surface area contributed by atoms with Crippen LogP contribution in [0.1, 0.15) is 11.1 Å². The Morgan fingerprint density at radius 2 is 1.00 bits per heavy atom. The van der Waals surface area contributed by atoms with Crippen molar-refractivity contribution in [1.29, 1.82) is 0 Å². The molecule has 0 spiro atoms. The lowest BCUT2D eigenvalue weighted by atomic mass is 10.2. The fraction of sp³-hybridized carbons (Fsp3) is 0.125. The Balaban J connectivity index is 1.73. The zero-order valence-electron chi connectivity index (χ0n) is 11.6. The first-order valence-corrected chi connectivity index (χ1v) is 8.00. The molecule has 2 heterocycles. The van der Waals surface area contributed by atoms with E-state index in [4.69, 9.17) is 0 Å². The zero-order valence-corrected chi connectivity index (χ0v) is 13.4. The summed E-state index contributed by atoms with van der Waals surface area (Å²) in [6.45, 7) is 0. The molecule has 4 rings (SSSR count). The SMILES string of the molecule is S[C@H]1N=C(c2ccccc2)N2[C@@H](S)N=C(c3ccccc3)N12. The van der Waals surface area contributed by atoms with E-state index in [0.717, 1.165) is 22.8 Å². The summed E-state index contributed by atoms with van der Waals surface area (Å²) in [7, 11) is 0. The fourth-order valence-corrected chi connectivity index (χ4v) is 3.34. The van der Waals surface area contributed by atoms with Crippen LogP contribution in [0.5, 0.6) is 0 Å². The van der Waals surface area contributed by atoms with E-state index >= 15 is 0 Å². The highest BCUT2D eigenvalue weighted by molar-refractivity contribution is 7.81. The molecule has 0 fully saturated rings. The lowest BCUT2D eigenvalue weighted by molar-refractivity contribution is 0.168. The summed E-state index contributed by atoms with van der Waals surface area (Å²) in [5.74, 6) is 1.69. The van der Waals surface area contributed by atoms with Gasteiger partial charge in [-0.3, -0.25) is 0 Å². The highest BCUT2D eigenvalue weighted by Crippen LogP contribution is 2.33. The first-order chi connectivity index (χ1) is 10.8. The molecule has 0 amide bonds. The van der Waals surface area contributed by atoms with Gasteiger partial charge in [0.2, 0.25) is 0 Å². The van der Waals surface area contributed by atoms with Gasteiger partial charge in [0.1, 0.15) is 0 Å². The Morgan fingerprint density at radius 1 is 0.636 bits per heavy atom. The molecule has 0 aliphatic carbocycles. The Labute approximate surface area is 140 Å². The molecule has 2 aromatic carbocycles. The van der Waals surface area contributed by atoms with Crippen molar-refractivity contribution in [3.05, 3.63) is 71.8 Å². The van der Waals surface area contributed by atoms with Crippen molar-refractivity contribution in [2.24, 2.45) is 9.98 Å². The van der Waals surface area contributed by atoms with Crippen LogP contribution in [0.25, 0.3) is 0 Å². The minimum absolute atomic E-state index is 0.300. The molecule has 0 unspecified atom stereocenters. The molecule has 2 aliphatic heterocycles. The number of hydrazine groups is 1. The fourth-order valence-electron chi connectivity index (χ4n) is 2.68. The highest BCUT2D eigenvalue weighted by atomic mass is 32.1. The normalized spacial score (nSPS) is 23.4. The second-order valence-electron chi connectivity index (χ2n) is 5.02. The van der Waals surface area contributed by atoms with E-state index in [2.05, 4.69) is 35.2 Å². The van der Waals surface area contributed by atoms with Crippen molar-refractivity contribution < 1.29 is 0 Å². The standard InChI is InChI=1S/C16H14N4S2/c21-15-17-13(11-7-3-1-4-8-11)19-16(22)18-14(20(15)19)12-9-5-2-6-10-12/h1-10,15-16,21-22H/t15-,16-/m0/s1. The Kier molecular flexibility index (Phi) is 3.35. The van der Waals surface area contributed by atoms with E-state index in [1.165, 1.54) is 0 Å². The summed E-state index contributed by atoms with van der Waals surface area (Å²) in [5, 5.41) is 3.97. The molecule has 0 saturated carbocycles. The van der Waals surface area contributed by atoms with Gasteiger partial charge in [-0.1, -0.05) is 60.7 Å². The third-order valence-corrected chi connectivity index (χ3v) is 4.31. The first-order valence-electron chi connectivity index (χ1n) is 6.96. The maximum absolute atomic E-state index is 4.67.